The van der Waals surface area contributed by atoms with Crippen LogP contribution in [-0.2, 0) is 6.42 Å². The first-order valence-electron chi connectivity index (χ1n) is 3.37. The highest BCUT2D eigenvalue weighted by Crippen LogP contribution is 1.84. The Morgan fingerprint density at radius 2 is 2.20 bits per heavy atom. The van der Waals surface area contributed by atoms with Gasteiger partial charge in [-0.3, -0.25) is 0 Å². The zero-order valence-corrected chi connectivity index (χ0v) is 6.47. The summed E-state index contributed by atoms with van der Waals surface area (Å²) in [7, 11) is 0. The first-order valence-corrected chi connectivity index (χ1v) is 3.37. The van der Waals surface area contributed by atoms with Crippen molar-refractivity contribution < 1.29 is 4.42 Å². The fraction of sp³-hybridized carbons (Fsp3) is 0.667. The summed E-state index contributed by atoms with van der Waals surface area (Å²) in [5.41, 5.74) is 0. The molecule has 58 valence electrons. The molecular formula is C6H12N2O2. The number of hydrogen-bond acceptors (Lipinski definition) is 3. The maximum Gasteiger partial charge on any atom is 0.434 e. The minimum atomic E-state index is -0.484. The molecule has 1 aromatic rings. The summed E-state index contributed by atoms with van der Waals surface area (Å²) in [4.78, 5) is 10.2. The van der Waals surface area contributed by atoms with Gasteiger partial charge in [0.25, 0.3) is 0 Å². The molecule has 0 fully saturated rings. The average molecular weight is 144 g/mol. The van der Waals surface area contributed by atoms with E-state index in [4.69, 9.17) is 0 Å². The molecule has 0 atom stereocenters. The molecule has 0 aliphatic heterocycles. The number of nitrogens with zero attached hydrogens (tertiary/aromatic N) is 1. The second-order valence-electron chi connectivity index (χ2n) is 1.36. The minimum Gasteiger partial charge on any atom is -0.393 e. The van der Waals surface area contributed by atoms with Gasteiger partial charge in [0.1, 0.15) is 0 Å². The standard InChI is InChI=1S/C4H6N2O2.C2H6/c1-2-3-5-6-4(7)8-3;1-2/h2H2,1H3,(H,6,7);1-2H3. The Bertz CT molecular complexity index is 214. The molecule has 0 spiro atoms. The first-order chi connectivity index (χ1) is 4.83. The van der Waals surface area contributed by atoms with Crippen LogP contribution in [0.25, 0.3) is 0 Å². The van der Waals surface area contributed by atoms with Gasteiger partial charge in [-0.25, -0.2) is 9.89 Å². The van der Waals surface area contributed by atoms with Gasteiger partial charge in [0, 0.05) is 6.42 Å². The lowest BCUT2D eigenvalue weighted by molar-refractivity contribution is 0.467. The van der Waals surface area contributed by atoms with E-state index in [9.17, 15) is 4.79 Å². The second-order valence-corrected chi connectivity index (χ2v) is 1.36. The molecule has 1 rings (SSSR count). The van der Waals surface area contributed by atoms with Crippen molar-refractivity contribution in [2.24, 2.45) is 0 Å². The molecule has 4 nitrogen and oxygen atoms in total. The third-order valence-electron chi connectivity index (χ3n) is 0.785. The Labute approximate surface area is 59.3 Å². The van der Waals surface area contributed by atoms with E-state index in [0.717, 1.165) is 0 Å². The molecule has 0 unspecified atom stereocenters. The molecule has 1 aromatic heterocycles. The van der Waals surface area contributed by atoms with Crippen LogP contribution >= 0.6 is 0 Å². The predicted molar refractivity (Wildman–Crippen MR) is 37.8 cm³/mol. The Morgan fingerprint density at radius 1 is 1.60 bits per heavy atom. The molecule has 1 heterocycles. The molecule has 0 saturated heterocycles. The van der Waals surface area contributed by atoms with Crippen LogP contribution in [0.3, 0.4) is 0 Å². The van der Waals surface area contributed by atoms with Gasteiger partial charge in [-0.1, -0.05) is 20.8 Å². The molecule has 1 N–H and O–H groups in total. The fourth-order valence-electron chi connectivity index (χ4n) is 0.412. The van der Waals surface area contributed by atoms with Crippen LogP contribution < -0.4 is 5.76 Å². The van der Waals surface area contributed by atoms with E-state index in [1.807, 2.05) is 20.8 Å². The Balaban J connectivity index is 0.000000371. The van der Waals surface area contributed by atoms with Crippen molar-refractivity contribution in [1.29, 1.82) is 0 Å². The SMILES string of the molecule is CC.CCc1n[nH]c(=O)o1. The molecule has 10 heavy (non-hydrogen) atoms. The number of nitrogens with one attached hydrogen (secondary N) is 1. The molecule has 0 radical (unpaired) electrons. The van der Waals surface area contributed by atoms with Gasteiger partial charge in [0.15, 0.2) is 0 Å². The number of aromatic nitrogens is 2. The van der Waals surface area contributed by atoms with Crippen molar-refractivity contribution in [3.05, 3.63) is 16.4 Å². The van der Waals surface area contributed by atoms with Crippen LogP contribution in [0.15, 0.2) is 9.21 Å². The van der Waals surface area contributed by atoms with Gasteiger partial charge in [-0.05, 0) is 0 Å². The van der Waals surface area contributed by atoms with Gasteiger partial charge in [-0.15, -0.1) is 5.10 Å². The van der Waals surface area contributed by atoms with Crippen LogP contribution in [0.4, 0.5) is 0 Å². The number of aryl methyl sites for hydroxylation is 1. The minimum absolute atomic E-state index is 0.454. The van der Waals surface area contributed by atoms with Crippen LogP contribution in [0.1, 0.15) is 26.7 Å². The Kier molecular flexibility index (Phi) is 4.28. The second kappa shape index (κ2) is 4.78. The topological polar surface area (TPSA) is 58.9 Å². The summed E-state index contributed by atoms with van der Waals surface area (Å²) < 4.78 is 4.51. The van der Waals surface area contributed by atoms with E-state index in [2.05, 4.69) is 14.6 Å². The molecule has 0 aliphatic carbocycles. The lowest BCUT2D eigenvalue weighted by Gasteiger charge is -1.74. The van der Waals surface area contributed by atoms with Gasteiger partial charge < -0.3 is 4.42 Å². The third-order valence-corrected chi connectivity index (χ3v) is 0.785. The van der Waals surface area contributed by atoms with Crippen molar-refractivity contribution in [3.63, 3.8) is 0 Å². The third kappa shape index (κ3) is 2.48. The summed E-state index contributed by atoms with van der Waals surface area (Å²) in [6.45, 7) is 5.86. The maximum absolute atomic E-state index is 10.2. The van der Waals surface area contributed by atoms with Gasteiger partial charge in [-0.2, -0.15) is 0 Å². The largest absolute Gasteiger partial charge is 0.434 e. The van der Waals surface area contributed by atoms with Crippen molar-refractivity contribution in [1.82, 2.24) is 10.2 Å². The van der Waals surface area contributed by atoms with Crippen LogP contribution in [0, 0.1) is 0 Å². The summed E-state index contributed by atoms with van der Waals surface area (Å²) in [5.74, 6) is -0.0307. The zero-order chi connectivity index (χ0) is 7.98. The van der Waals surface area contributed by atoms with E-state index in [1.54, 1.807) is 0 Å². The number of H-pyrrole nitrogens is 1. The zero-order valence-electron chi connectivity index (χ0n) is 6.47. The summed E-state index contributed by atoms with van der Waals surface area (Å²) in [6.07, 6.45) is 0.652. The summed E-state index contributed by atoms with van der Waals surface area (Å²) >= 11 is 0. The molecule has 4 heteroatoms. The monoisotopic (exact) mass is 144 g/mol. The van der Waals surface area contributed by atoms with E-state index in [-0.39, 0.29) is 0 Å². The van der Waals surface area contributed by atoms with Crippen LogP contribution in [0.2, 0.25) is 0 Å². The van der Waals surface area contributed by atoms with Crippen molar-refractivity contribution in [2.75, 3.05) is 0 Å². The normalized spacial score (nSPS) is 8.30. The fourth-order valence-corrected chi connectivity index (χ4v) is 0.412. The van der Waals surface area contributed by atoms with E-state index in [0.29, 0.717) is 12.3 Å². The first kappa shape index (κ1) is 8.94. The number of rotatable bonds is 1. The molecule has 0 aliphatic rings. The quantitative estimate of drug-likeness (QED) is 0.638. The molecule has 0 bridgehead atoms. The molecule has 0 amide bonds. The number of aromatic amines is 1. The van der Waals surface area contributed by atoms with Crippen LogP contribution in [-0.4, -0.2) is 10.2 Å². The van der Waals surface area contributed by atoms with E-state index in [1.165, 1.54) is 0 Å². The van der Waals surface area contributed by atoms with E-state index >= 15 is 0 Å². The van der Waals surface area contributed by atoms with Crippen LogP contribution in [0.5, 0.6) is 0 Å². The Morgan fingerprint density at radius 3 is 2.40 bits per heavy atom. The van der Waals surface area contributed by atoms with Crippen molar-refractivity contribution in [3.8, 4) is 0 Å². The van der Waals surface area contributed by atoms with Gasteiger partial charge in [0.2, 0.25) is 5.89 Å². The number of hydrogen-bond donors (Lipinski definition) is 1. The highest BCUT2D eigenvalue weighted by atomic mass is 16.4. The van der Waals surface area contributed by atoms with Gasteiger partial charge >= 0.3 is 5.76 Å². The highest BCUT2D eigenvalue weighted by Gasteiger charge is 1.93. The maximum atomic E-state index is 10.2. The summed E-state index contributed by atoms with van der Waals surface area (Å²) in [5, 5.41) is 5.68. The van der Waals surface area contributed by atoms with Crippen molar-refractivity contribution >= 4 is 0 Å². The average Bonchev–Trinajstić information content (AvgIpc) is 2.40. The van der Waals surface area contributed by atoms with Crippen molar-refractivity contribution in [2.45, 2.75) is 27.2 Å². The Hall–Kier alpha value is -1.06. The highest BCUT2D eigenvalue weighted by molar-refractivity contribution is 4.68. The summed E-state index contributed by atoms with van der Waals surface area (Å²) in [6, 6.07) is 0. The molecular weight excluding hydrogens is 132 g/mol. The molecule has 0 saturated carbocycles. The predicted octanol–water partition coefficient (Wildman–Crippen LogP) is 0.952. The van der Waals surface area contributed by atoms with Gasteiger partial charge in [0.05, 0.1) is 0 Å². The lowest BCUT2D eigenvalue weighted by atomic mass is 10.5. The molecule has 0 aromatic carbocycles. The lowest BCUT2D eigenvalue weighted by Crippen LogP contribution is -1.93. The smallest absolute Gasteiger partial charge is 0.393 e. The van der Waals surface area contributed by atoms with E-state index < -0.39 is 5.76 Å².